The molecule has 2 aromatic carbocycles. The van der Waals surface area contributed by atoms with Gasteiger partial charge in [0.2, 0.25) is 0 Å². The molecule has 162 valence electrons. The van der Waals surface area contributed by atoms with Gasteiger partial charge in [0.1, 0.15) is 17.9 Å². The van der Waals surface area contributed by atoms with Gasteiger partial charge in [0.15, 0.2) is 0 Å². The molecule has 0 aliphatic heterocycles. The van der Waals surface area contributed by atoms with Crippen molar-refractivity contribution in [2.75, 3.05) is 0 Å². The summed E-state index contributed by atoms with van der Waals surface area (Å²) in [6, 6.07) is 14.2. The van der Waals surface area contributed by atoms with Gasteiger partial charge >= 0.3 is 12.1 Å². The lowest BCUT2D eigenvalue weighted by atomic mass is 10.1. The van der Waals surface area contributed by atoms with E-state index in [9.17, 15) is 9.59 Å². The van der Waals surface area contributed by atoms with Gasteiger partial charge in [0, 0.05) is 5.02 Å². The maximum atomic E-state index is 12.7. The van der Waals surface area contributed by atoms with E-state index in [1.54, 1.807) is 39.1 Å². The van der Waals surface area contributed by atoms with Crippen LogP contribution in [0.15, 0.2) is 54.7 Å². The van der Waals surface area contributed by atoms with Crippen LogP contribution in [0.2, 0.25) is 5.02 Å². The van der Waals surface area contributed by atoms with E-state index in [1.807, 2.05) is 30.3 Å². The third-order valence-electron chi connectivity index (χ3n) is 3.99. The zero-order chi connectivity index (χ0) is 22.4. The van der Waals surface area contributed by atoms with Crippen molar-refractivity contribution in [2.45, 2.75) is 39.5 Å². The lowest BCUT2D eigenvalue weighted by Crippen LogP contribution is -2.32. The predicted molar refractivity (Wildman–Crippen MR) is 115 cm³/mol. The van der Waals surface area contributed by atoms with Crippen LogP contribution in [0.25, 0.3) is 5.69 Å². The number of hydrogen-bond acceptors (Lipinski definition) is 6. The van der Waals surface area contributed by atoms with E-state index in [-0.39, 0.29) is 18.7 Å². The zero-order valence-electron chi connectivity index (χ0n) is 17.5. The molecule has 0 saturated heterocycles. The van der Waals surface area contributed by atoms with Crippen molar-refractivity contribution in [1.29, 1.82) is 0 Å². The lowest BCUT2D eigenvalue weighted by Gasteiger charge is -2.19. The normalized spacial score (nSPS) is 11.1. The number of ether oxygens (including phenoxy) is 2. The first-order valence-corrected chi connectivity index (χ1v) is 9.98. The van der Waals surface area contributed by atoms with Crippen molar-refractivity contribution < 1.29 is 19.1 Å². The molecule has 1 N–H and O–H groups in total. The monoisotopic (exact) mass is 442 g/mol. The second kappa shape index (κ2) is 9.61. The number of nitrogens with zero attached hydrogens (tertiary/aromatic N) is 3. The summed E-state index contributed by atoms with van der Waals surface area (Å²) in [7, 11) is 0. The Labute approximate surface area is 185 Å². The molecule has 0 bridgehead atoms. The van der Waals surface area contributed by atoms with E-state index in [0.29, 0.717) is 16.4 Å². The van der Waals surface area contributed by atoms with E-state index in [0.717, 1.165) is 5.56 Å². The van der Waals surface area contributed by atoms with Gasteiger partial charge in [-0.15, -0.1) is 5.10 Å². The van der Waals surface area contributed by atoms with Crippen LogP contribution in [0.5, 0.6) is 0 Å². The van der Waals surface area contributed by atoms with Crippen molar-refractivity contribution >= 4 is 23.7 Å². The van der Waals surface area contributed by atoms with Gasteiger partial charge in [-0.05, 0) is 44.5 Å². The van der Waals surface area contributed by atoms with Gasteiger partial charge in [-0.25, -0.2) is 14.3 Å². The molecule has 0 atom stereocenters. The van der Waals surface area contributed by atoms with Gasteiger partial charge in [-0.3, -0.25) is 0 Å². The summed E-state index contributed by atoms with van der Waals surface area (Å²) < 4.78 is 12.1. The van der Waals surface area contributed by atoms with E-state index < -0.39 is 17.7 Å². The Morgan fingerprint density at radius 2 is 1.87 bits per heavy atom. The molecule has 1 heterocycles. The summed E-state index contributed by atoms with van der Waals surface area (Å²) in [5, 5.41) is 11.1. The molecular weight excluding hydrogens is 420 g/mol. The van der Waals surface area contributed by atoms with Gasteiger partial charge in [-0.2, -0.15) is 0 Å². The molecule has 0 aliphatic rings. The molecule has 3 aromatic rings. The molecule has 8 nitrogen and oxygen atoms in total. The van der Waals surface area contributed by atoms with Crippen molar-refractivity contribution in [3.8, 4) is 5.69 Å². The predicted octanol–water partition coefficient (Wildman–Crippen LogP) is 4.30. The number of amides is 1. The first-order valence-electron chi connectivity index (χ1n) is 9.60. The Bertz CT molecular complexity index is 1060. The van der Waals surface area contributed by atoms with Crippen LogP contribution in [0.4, 0.5) is 4.79 Å². The van der Waals surface area contributed by atoms with Crippen LogP contribution in [-0.4, -0.2) is 32.7 Å². The Kier molecular flexibility index (Phi) is 6.91. The zero-order valence-corrected chi connectivity index (χ0v) is 18.2. The second-order valence-electron chi connectivity index (χ2n) is 7.73. The molecule has 9 heteroatoms. The number of alkyl carbamates (subject to hydrolysis) is 1. The SMILES string of the molecule is CC(C)(C)OC(=O)NCc1cn(-c2ccc(Cl)cc2C(=O)OCc2ccccc2)nn1. The van der Waals surface area contributed by atoms with Crippen molar-refractivity contribution in [3.05, 3.63) is 76.6 Å². The Morgan fingerprint density at radius 3 is 2.58 bits per heavy atom. The van der Waals surface area contributed by atoms with Crippen LogP contribution < -0.4 is 5.32 Å². The van der Waals surface area contributed by atoms with Crippen molar-refractivity contribution in [2.24, 2.45) is 0 Å². The van der Waals surface area contributed by atoms with E-state index >= 15 is 0 Å². The molecule has 0 unspecified atom stereocenters. The smallest absolute Gasteiger partial charge is 0.407 e. The average Bonchev–Trinajstić information content (AvgIpc) is 3.19. The molecule has 1 aromatic heterocycles. The second-order valence-corrected chi connectivity index (χ2v) is 8.17. The Balaban J connectivity index is 1.71. The molecule has 0 spiro atoms. The minimum Gasteiger partial charge on any atom is -0.457 e. The van der Waals surface area contributed by atoms with Gasteiger partial charge in [0.05, 0.1) is 24.0 Å². The van der Waals surface area contributed by atoms with Crippen LogP contribution >= 0.6 is 11.6 Å². The Morgan fingerprint density at radius 1 is 1.13 bits per heavy atom. The number of benzene rings is 2. The highest BCUT2D eigenvalue weighted by Gasteiger charge is 2.18. The highest BCUT2D eigenvalue weighted by atomic mass is 35.5. The minimum absolute atomic E-state index is 0.121. The van der Waals surface area contributed by atoms with E-state index in [1.165, 1.54) is 10.7 Å². The fourth-order valence-corrected chi connectivity index (χ4v) is 2.82. The first-order chi connectivity index (χ1) is 14.7. The fourth-order valence-electron chi connectivity index (χ4n) is 2.65. The average molecular weight is 443 g/mol. The molecule has 0 radical (unpaired) electrons. The number of carbonyl (C=O) groups excluding carboxylic acids is 2. The summed E-state index contributed by atoms with van der Waals surface area (Å²) >= 11 is 6.09. The number of rotatable bonds is 6. The highest BCUT2D eigenvalue weighted by Crippen LogP contribution is 2.21. The molecule has 0 fully saturated rings. The van der Waals surface area contributed by atoms with Crippen LogP contribution in [0.3, 0.4) is 0 Å². The molecule has 0 aliphatic carbocycles. The maximum Gasteiger partial charge on any atom is 0.407 e. The van der Waals surface area contributed by atoms with Crippen LogP contribution in [-0.2, 0) is 22.6 Å². The summed E-state index contributed by atoms with van der Waals surface area (Å²) in [6.45, 7) is 5.59. The summed E-state index contributed by atoms with van der Waals surface area (Å²) in [6.07, 6.45) is 1.05. The number of aromatic nitrogens is 3. The number of nitrogens with one attached hydrogen (secondary N) is 1. The number of carbonyl (C=O) groups is 2. The largest absolute Gasteiger partial charge is 0.457 e. The fraction of sp³-hybridized carbons (Fsp3) is 0.273. The topological polar surface area (TPSA) is 95.3 Å². The van der Waals surface area contributed by atoms with Crippen molar-refractivity contribution in [3.63, 3.8) is 0 Å². The van der Waals surface area contributed by atoms with Gasteiger partial charge in [-0.1, -0.05) is 47.1 Å². The van der Waals surface area contributed by atoms with E-state index in [2.05, 4.69) is 15.6 Å². The standard InChI is InChI=1S/C22H23ClN4O4/c1-22(2,3)31-21(29)24-12-17-13-27(26-25-17)19-10-9-16(23)11-18(19)20(28)30-14-15-7-5-4-6-8-15/h4-11,13H,12,14H2,1-3H3,(H,24,29). The third-order valence-corrected chi connectivity index (χ3v) is 4.23. The highest BCUT2D eigenvalue weighted by molar-refractivity contribution is 6.31. The third kappa shape index (κ3) is 6.55. The molecule has 31 heavy (non-hydrogen) atoms. The maximum absolute atomic E-state index is 12.7. The lowest BCUT2D eigenvalue weighted by molar-refractivity contribution is 0.0470. The number of halogens is 1. The van der Waals surface area contributed by atoms with Crippen LogP contribution in [0.1, 0.15) is 42.4 Å². The minimum atomic E-state index is -0.597. The summed E-state index contributed by atoms with van der Waals surface area (Å²) in [5.74, 6) is -0.537. The Hall–Kier alpha value is -3.39. The quantitative estimate of drug-likeness (QED) is 0.572. The molecule has 1 amide bonds. The van der Waals surface area contributed by atoms with E-state index in [4.69, 9.17) is 21.1 Å². The number of esters is 1. The van der Waals surface area contributed by atoms with Crippen molar-refractivity contribution in [1.82, 2.24) is 20.3 Å². The molecule has 3 rings (SSSR count). The molecular formula is C22H23ClN4O4. The van der Waals surface area contributed by atoms with Gasteiger partial charge in [0.25, 0.3) is 0 Å². The number of hydrogen-bond donors (Lipinski definition) is 1. The summed E-state index contributed by atoms with van der Waals surface area (Å²) in [4.78, 5) is 24.5. The summed E-state index contributed by atoms with van der Waals surface area (Å²) in [5.41, 5.74) is 1.47. The van der Waals surface area contributed by atoms with Gasteiger partial charge < -0.3 is 14.8 Å². The molecule has 0 saturated carbocycles. The first kappa shape index (κ1) is 22.3. The van der Waals surface area contributed by atoms with Crippen LogP contribution in [0, 0.1) is 0 Å².